The first-order valence-corrected chi connectivity index (χ1v) is 12.3. The van der Waals surface area contributed by atoms with E-state index in [1.807, 2.05) is 42.5 Å². The minimum absolute atomic E-state index is 0.199. The lowest BCUT2D eigenvalue weighted by molar-refractivity contribution is 0.175. The van der Waals surface area contributed by atoms with Crippen LogP contribution in [0.25, 0.3) is 12.2 Å². The van der Waals surface area contributed by atoms with E-state index in [9.17, 15) is 5.11 Å². The third-order valence-electron chi connectivity index (χ3n) is 6.41. The van der Waals surface area contributed by atoms with Crippen LogP contribution in [0.4, 0.5) is 0 Å². The molecule has 1 fully saturated rings. The third kappa shape index (κ3) is 6.76. The first-order chi connectivity index (χ1) is 18.0. The Bertz CT molecular complexity index is 1180. The van der Waals surface area contributed by atoms with E-state index >= 15 is 0 Å². The molecule has 1 aliphatic heterocycles. The number of aliphatic hydroxyl groups excluding tert-OH is 1. The normalized spacial score (nSPS) is 15.6. The Morgan fingerprint density at radius 3 is 1.97 bits per heavy atom. The second-order valence-electron chi connectivity index (χ2n) is 8.99. The zero-order valence-electron chi connectivity index (χ0n) is 21.9. The molecular formula is C30H35NO6. The maximum atomic E-state index is 9.73. The summed E-state index contributed by atoms with van der Waals surface area (Å²) in [6.45, 7) is 2.97. The maximum Gasteiger partial charge on any atom is 0.203 e. The fraction of sp³-hybridized carbons (Fsp3) is 0.333. The summed E-state index contributed by atoms with van der Waals surface area (Å²) in [5.41, 5.74) is 4.18. The number of ether oxygens (including phenoxy) is 5. The van der Waals surface area contributed by atoms with Crippen molar-refractivity contribution in [1.82, 2.24) is 4.90 Å². The molecule has 1 N–H and O–H groups in total. The zero-order valence-corrected chi connectivity index (χ0v) is 21.9. The average molecular weight is 506 g/mol. The molecule has 196 valence electrons. The summed E-state index contributed by atoms with van der Waals surface area (Å²) in [5, 5.41) is 9.73. The topological polar surface area (TPSA) is 69.6 Å². The van der Waals surface area contributed by atoms with Crippen LogP contribution in [0, 0.1) is 0 Å². The van der Waals surface area contributed by atoms with Crippen LogP contribution in [0.3, 0.4) is 0 Å². The number of aliphatic hydroxyl groups is 1. The third-order valence-corrected chi connectivity index (χ3v) is 6.41. The average Bonchev–Trinajstić information content (AvgIpc) is 3.34. The molecule has 0 unspecified atom stereocenters. The summed E-state index contributed by atoms with van der Waals surface area (Å²) in [5.74, 6) is 3.11. The van der Waals surface area contributed by atoms with Crippen LogP contribution in [0.5, 0.6) is 28.7 Å². The Hall–Kier alpha value is -3.68. The first-order valence-electron chi connectivity index (χ1n) is 12.3. The summed E-state index contributed by atoms with van der Waals surface area (Å²) in [7, 11) is 6.43. The van der Waals surface area contributed by atoms with Crippen molar-refractivity contribution in [1.29, 1.82) is 0 Å². The van der Waals surface area contributed by atoms with E-state index in [0.717, 1.165) is 42.7 Å². The molecule has 0 radical (unpaired) electrons. The molecule has 7 nitrogen and oxygen atoms in total. The molecule has 1 aliphatic rings. The largest absolute Gasteiger partial charge is 0.493 e. The highest BCUT2D eigenvalue weighted by Gasteiger charge is 2.19. The summed E-state index contributed by atoms with van der Waals surface area (Å²) in [6.07, 6.45) is 4.63. The van der Waals surface area contributed by atoms with Crippen LogP contribution in [-0.2, 0) is 13.2 Å². The lowest BCUT2D eigenvalue weighted by atomic mass is 10.1. The highest BCUT2D eigenvalue weighted by molar-refractivity contribution is 5.73. The van der Waals surface area contributed by atoms with Gasteiger partial charge in [0.2, 0.25) is 5.75 Å². The van der Waals surface area contributed by atoms with Crippen molar-refractivity contribution >= 4 is 12.2 Å². The molecule has 37 heavy (non-hydrogen) atoms. The number of rotatable bonds is 11. The van der Waals surface area contributed by atoms with E-state index < -0.39 is 0 Å². The van der Waals surface area contributed by atoms with Crippen LogP contribution in [0.1, 0.15) is 28.7 Å². The summed E-state index contributed by atoms with van der Waals surface area (Å²) in [6, 6.07) is 18.0. The van der Waals surface area contributed by atoms with E-state index in [1.165, 1.54) is 5.56 Å². The lowest BCUT2D eigenvalue weighted by Crippen LogP contribution is -2.21. The molecule has 0 saturated carbocycles. The molecule has 3 aromatic rings. The van der Waals surface area contributed by atoms with Crippen molar-refractivity contribution in [3.63, 3.8) is 0 Å². The number of nitrogens with zero attached hydrogens (tertiary/aromatic N) is 1. The van der Waals surface area contributed by atoms with Gasteiger partial charge in [-0.25, -0.2) is 0 Å². The Kier molecular flexibility index (Phi) is 8.93. The van der Waals surface area contributed by atoms with E-state index in [2.05, 4.69) is 29.2 Å². The second-order valence-corrected chi connectivity index (χ2v) is 8.99. The Morgan fingerprint density at radius 1 is 0.757 bits per heavy atom. The highest BCUT2D eigenvalue weighted by atomic mass is 16.5. The van der Waals surface area contributed by atoms with Gasteiger partial charge in [0.25, 0.3) is 0 Å². The fourth-order valence-corrected chi connectivity index (χ4v) is 4.42. The molecule has 0 amide bonds. The van der Waals surface area contributed by atoms with E-state index in [-0.39, 0.29) is 6.10 Å². The number of methoxy groups -OCH3 is 4. The summed E-state index contributed by atoms with van der Waals surface area (Å²) in [4.78, 5) is 2.28. The summed E-state index contributed by atoms with van der Waals surface area (Å²) >= 11 is 0. The van der Waals surface area contributed by atoms with E-state index in [1.54, 1.807) is 28.4 Å². The van der Waals surface area contributed by atoms with Crippen molar-refractivity contribution in [2.45, 2.75) is 25.7 Å². The first kappa shape index (κ1) is 26.4. The molecule has 0 spiro atoms. The van der Waals surface area contributed by atoms with E-state index in [0.29, 0.717) is 35.4 Å². The van der Waals surface area contributed by atoms with Gasteiger partial charge in [-0.1, -0.05) is 42.5 Å². The Labute approximate surface area is 218 Å². The smallest absolute Gasteiger partial charge is 0.203 e. The van der Waals surface area contributed by atoms with Gasteiger partial charge in [-0.05, 0) is 52.9 Å². The molecule has 4 rings (SSSR count). The number of hydrogen-bond acceptors (Lipinski definition) is 7. The van der Waals surface area contributed by atoms with Gasteiger partial charge in [-0.15, -0.1) is 0 Å². The van der Waals surface area contributed by atoms with Gasteiger partial charge in [0.05, 0.1) is 34.5 Å². The van der Waals surface area contributed by atoms with Crippen molar-refractivity contribution in [2.24, 2.45) is 0 Å². The molecule has 3 aromatic carbocycles. The molecular weight excluding hydrogens is 470 g/mol. The molecule has 7 heteroatoms. The fourth-order valence-electron chi connectivity index (χ4n) is 4.42. The van der Waals surface area contributed by atoms with Crippen LogP contribution in [-0.4, -0.2) is 57.6 Å². The predicted molar refractivity (Wildman–Crippen MR) is 145 cm³/mol. The van der Waals surface area contributed by atoms with Gasteiger partial charge in [0.1, 0.15) is 6.61 Å². The van der Waals surface area contributed by atoms with Crippen molar-refractivity contribution in [2.75, 3.05) is 41.5 Å². The SMILES string of the molecule is COc1ccc(/C=C\c2cc(OC)c(OC)c(OC)c2)cc1OCc1ccc(CN2CC[C@H](O)C2)cc1. The second kappa shape index (κ2) is 12.5. The molecule has 0 aromatic heterocycles. The molecule has 1 heterocycles. The summed E-state index contributed by atoms with van der Waals surface area (Å²) < 4.78 is 28.0. The zero-order chi connectivity index (χ0) is 26.2. The minimum Gasteiger partial charge on any atom is -0.493 e. The highest BCUT2D eigenvalue weighted by Crippen LogP contribution is 2.39. The standard InChI is InChI=1S/C30H35NO6/c1-33-26-12-11-21(5-10-24-16-28(34-2)30(36-4)29(17-24)35-3)15-27(26)37-20-23-8-6-22(7-9-23)18-31-14-13-25(32)19-31/h5-12,15-17,25,32H,13-14,18-20H2,1-4H3/b10-5-/t25-/m0/s1. The van der Waals surface area contributed by atoms with Gasteiger partial charge in [0, 0.05) is 19.6 Å². The maximum absolute atomic E-state index is 9.73. The predicted octanol–water partition coefficient (Wildman–Crippen LogP) is 5.04. The van der Waals surface area contributed by atoms with Crippen LogP contribution < -0.4 is 23.7 Å². The van der Waals surface area contributed by atoms with Gasteiger partial charge >= 0.3 is 0 Å². The molecule has 1 saturated heterocycles. The lowest BCUT2D eigenvalue weighted by Gasteiger charge is -2.15. The number of benzene rings is 3. The van der Waals surface area contributed by atoms with Gasteiger partial charge in [-0.2, -0.15) is 0 Å². The number of hydrogen-bond donors (Lipinski definition) is 1. The van der Waals surface area contributed by atoms with Crippen molar-refractivity contribution < 1.29 is 28.8 Å². The monoisotopic (exact) mass is 505 g/mol. The molecule has 0 aliphatic carbocycles. The number of β-amino-alcohol motifs (C(OH)–C–C–N with tert-alkyl or cyclic N) is 1. The number of likely N-dealkylation sites (tertiary alicyclic amines) is 1. The van der Waals surface area contributed by atoms with Crippen LogP contribution >= 0.6 is 0 Å². The quantitative estimate of drug-likeness (QED) is 0.366. The molecule has 0 bridgehead atoms. The van der Waals surface area contributed by atoms with Crippen LogP contribution in [0.15, 0.2) is 54.6 Å². The van der Waals surface area contributed by atoms with Crippen molar-refractivity contribution in [3.8, 4) is 28.7 Å². The minimum atomic E-state index is -0.199. The van der Waals surface area contributed by atoms with Crippen molar-refractivity contribution in [3.05, 3.63) is 76.9 Å². The Morgan fingerprint density at radius 2 is 1.38 bits per heavy atom. The van der Waals surface area contributed by atoms with Crippen LogP contribution in [0.2, 0.25) is 0 Å². The van der Waals surface area contributed by atoms with E-state index in [4.69, 9.17) is 23.7 Å². The van der Waals surface area contributed by atoms with Gasteiger partial charge in [0.15, 0.2) is 23.0 Å². The van der Waals surface area contributed by atoms with Gasteiger partial charge < -0.3 is 28.8 Å². The molecule has 1 atom stereocenters. The Balaban J connectivity index is 1.43. The van der Waals surface area contributed by atoms with Gasteiger partial charge in [-0.3, -0.25) is 4.90 Å².